The van der Waals surface area contributed by atoms with Crippen LogP contribution in [0.3, 0.4) is 0 Å². The molecule has 0 radical (unpaired) electrons. The van der Waals surface area contributed by atoms with Crippen molar-refractivity contribution in [2.24, 2.45) is 0 Å². The van der Waals surface area contributed by atoms with Crippen molar-refractivity contribution in [3.05, 3.63) is 109 Å². The Morgan fingerprint density at radius 3 is 2.24 bits per heavy atom. The van der Waals surface area contributed by atoms with Crippen molar-refractivity contribution < 1.29 is 23.8 Å². The van der Waals surface area contributed by atoms with Crippen LogP contribution in [-0.4, -0.2) is 34.5 Å². The molecule has 1 atom stereocenters. The van der Waals surface area contributed by atoms with Crippen LogP contribution in [0, 0.1) is 0 Å². The molecule has 0 saturated carbocycles. The third-order valence-electron chi connectivity index (χ3n) is 5.99. The van der Waals surface area contributed by atoms with Gasteiger partial charge in [-0.05, 0) is 42.7 Å². The van der Waals surface area contributed by atoms with E-state index in [0.29, 0.717) is 48.1 Å². The maximum absolute atomic E-state index is 13.3. The van der Waals surface area contributed by atoms with Gasteiger partial charge < -0.3 is 19.5 Å². The van der Waals surface area contributed by atoms with Gasteiger partial charge in [-0.25, -0.2) is 4.79 Å². The first-order valence-corrected chi connectivity index (χ1v) is 12.4. The molecule has 0 aliphatic carbocycles. The zero-order chi connectivity index (χ0) is 26.2. The van der Waals surface area contributed by atoms with E-state index in [1.165, 1.54) is 4.90 Å². The Kier molecular flexibility index (Phi) is 7.79. The van der Waals surface area contributed by atoms with Gasteiger partial charge in [0.1, 0.15) is 35.6 Å². The summed E-state index contributed by atoms with van der Waals surface area (Å²) in [5, 5.41) is 2.93. The second-order valence-electron chi connectivity index (χ2n) is 8.78. The zero-order valence-electron chi connectivity index (χ0n) is 20.7. The average Bonchev–Trinajstić information content (AvgIpc) is 3.44. The number of carbonyl (C=O) groups excluding carboxylic acids is 2. The van der Waals surface area contributed by atoms with Crippen molar-refractivity contribution >= 4 is 17.7 Å². The molecule has 1 saturated heterocycles. The smallest absolute Gasteiger partial charge is 0.410 e. The van der Waals surface area contributed by atoms with Crippen LogP contribution in [-0.2, 0) is 16.1 Å². The number of ether oxygens (including phenoxy) is 3. The van der Waals surface area contributed by atoms with Crippen LogP contribution in [0.15, 0.2) is 103 Å². The maximum Gasteiger partial charge on any atom is 0.410 e. The Morgan fingerprint density at radius 1 is 0.842 bits per heavy atom. The molecule has 8 nitrogen and oxygen atoms in total. The number of nitrogens with one attached hydrogen (secondary N) is 1. The van der Waals surface area contributed by atoms with E-state index in [4.69, 9.17) is 14.2 Å². The van der Waals surface area contributed by atoms with Crippen molar-refractivity contribution in [3.8, 4) is 23.0 Å². The van der Waals surface area contributed by atoms with Crippen molar-refractivity contribution in [2.45, 2.75) is 25.5 Å². The second-order valence-corrected chi connectivity index (χ2v) is 8.78. The molecular weight excluding hydrogens is 482 g/mol. The Bertz CT molecular complexity index is 1310. The maximum atomic E-state index is 13.3. The summed E-state index contributed by atoms with van der Waals surface area (Å²) < 4.78 is 17.4. The fourth-order valence-electron chi connectivity index (χ4n) is 4.22. The van der Waals surface area contributed by atoms with Gasteiger partial charge in [-0.1, -0.05) is 48.5 Å². The lowest BCUT2D eigenvalue weighted by molar-refractivity contribution is -0.120. The number of para-hydroxylation sites is 1. The van der Waals surface area contributed by atoms with Gasteiger partial charge in [-0.2, -0.15) is 0 Å². The number of pyridine rings is 1. The third kappa shape index (κ3) is 6.47. The SMILES string of the molecule is O=C(Nc1cc(Oc2ccccc2)cc(Oc2cccnc2)c1)[C@@H]1CCCN1C(=O)OCc1ccccc1. The van der Waals surface area contributed by atoms with Crippen molar-refractivity contribution in [2.75, 3.05) is 11.9 Å². The van der Waals surface area contributed by atoms with E-state index in [9.17, 15) is 9.59 Å². The Balaban J connectivity index is 1.31. The standard InChI is InChI=1S/C30H27N3O5/c34-29(28-14-8-16-33(28)30(35)36-21-22-9-3-1-4-10-22)32-23-17-26(37-24-11-5-2-6-12-24)19-27(18-23)38-25-13-7-15-31-20-25/h1-7,9-13,15,17-20,28H,8,14,16,21H2,(H,32,34)/t28-/m0/s1. The van der Waals surface area contributed by atoms with E-state index in [1.54, 1.807) is 42.7 Å². The highest BCUT2D eigenvalue weighted by atomic mass is 16.6. The molecule has 1 N–H and O–H groups in total. The number of likely N-dealkylation sites (tertiary alicyclic amines) is 1. The van der Waals surface area contributed by atoms with Gasteiger partial charge >= 0.3 is 6.09 Å². The minimum absolute atomic E-state index is 0.151. The first kappa shape index (κ1) is 24.8. The van der Waals surface area contributed by atoms with Crippen LogP contribution in [0.1, 0.15) is 18.4 Å². The highest BCUT2D eigenvalue weighted by molar-refractivity contribution is 5.97. The van der Waals surface area contributed by atoms with Gasteiger partial charge in [0, 0.05) is 36.6 Å². The number of nitrogens with zero attached hydrogens (tertiary/aromatic N) is 2. The fraction of sp³-hybridized carbons (Fsp3) is 0.167. The quantitative estimate of drug-likeness (QED) is 0.295. The first-order chi connectivity index (χ1) is 18.6. The molecule has 0 unspecified atom stereocenters. The van der Waals surface area contributed by atoms with Gasteiger partial charge in [-0.15, -0.1) is 0 Å². The number of carbonyl (C=O) groups is 2. The molecule has 1 aromatic heterocycles. The van der Waals surface area contributed by atoms with E-state index in [2.05, 4.69) is 10.3 Å². The Morgan fingerprint density at radius 2 is 1.53 bits per heavy atom. The number of anilines is 1. The largest absolute Gasteiger partial charge is 0.457 e. The van der Waals surface area contributed by atoms with E-state index < -0.39 is 12.1 Å². The summed E-state index contributed by atoms with van der Waals surface area (Å²) in [6.45, 7) is 0.608. The minimum Gasteiger partial charge on any atom is -0.457 e. The van der Waals surface area contributed by atoms with E-state index >= 15 is 0 Å². The topological polar surface area (TPSA) is 90.0 Å². The summed E-state index contributed by atoms with van der Waals surface area (Å²) >= 11 is 0. The summed E-state index contributed by atoms with van der Waals surface area (Å²) in [6.07, 6.45) is 4.01. The molecular formula is C30H27N3O5. The van der Waals surface area contributed by atoms with Crippen LogP contribution in [0.2, 0.25) is 0 Å². The molecule has 192 valence electrons. The van der Waals surface area contributed by atoms with Crippen LogP contribution in [0.4, 0.5) is 10.5 Å². The third-order valence-corrected chi connectivity index (χ3v) is 5.99. The zero-order valence-corrected chi connectivity index (χ0v) is 20.7. The number of rotatable bonds is 8. The highest BCUT2D eigenvalue weighted by Gasteiger charge is 2.35. The van der Waals surface area contributed by atoms with Crippen LogP contribution < -0.4 is 14.8 Å². The second kappa shape index (κ2) is 11.9. The lowest BCUT2D eigenvalue weighted by Crippen LogP contribution is -2.43. The number of hydrogen-bond donors (Lipinski definition) is 1. The lowest BCUT2D eigenvalue weighted by atomic mass is 10.2. The number of amides is 2. The normalized spacial score (nSPS) is 14.5. The van der Waals surface area contributed by atoms with E-state index in [-0.39, 0.29) is 12.5 Å². The molecule has 1 aliphatic rings. The molecule has 3 aromatic carbocycles. The molecule has 0 spiro atoms. The molecule has 2 heterocycles. The lowest BCUT2D eigenvalue weighted by Gasteiger charge is -2.23. The van der Waals surface area contributed by atoms with Gasteiger partial charge in [-0.3, -0.25) is 14.7 Å². The molecule has 1 fully saturated rings. The summed E-state index contributed by atoms with van der Waals surface area (Å²) in [5.41, 5.74) is 1.37. The minimum atomic E-state index is -0.639. The summed E-state index contributed by atoms with van der Waals surface area (Å²) in [6, 6.07) is 26.8. The van der Waals surface area contributed by atoms with Gasteiger partial charge in [0.25, 0.3) is 0 Å². The first-order valence-electron chi connectivity index (χ1n) is 12.4. The van der Waals surface area contributed by atoms with Gasteiger partial charge in [0.15, 0.2) is 0 Å². The fourth-order valence-corrected chi connectivity index (χ4v) is 4.22. The molecule has 0 bridgehead atoms. The van der Waals surface area contributed by atoms with E-state index in [1.807, 2.05) is 60.7 Å². The van der Waals surface area contributed by atoms with Crippen molar-refractivity contribution in [1.29, 1.82) is 0 Å². The average molecular weight is 510 g/mol. The van der Waals surface area contributed by atoms with Crippen molar-refractivity contribution in [3.63, 3.8) is 0 Å². The van der Waals surface area contributed by atoms with E-state index in [0.717, 1.165) is 5.56 Å². The molecule has 38 heavy (non-hydrogen) atoms. The molecule has 5 rings (SSSR count). The van der Waals surface area contributed by atoms with Gasteiger partial charge in [0.2, 0.25) is 5.91 Å². The Hall–Kier alpha value is -4.85. The predicted octanol–water partition coefficient (Wildman–Crippen LogP) is 6.41. The molecule has 2 amide bonds. The predicted molar refractivity (Wildman–Crippen MR) is 142 cm³/mol. The summed E-state index contributed by atoms with van der Waals surface area (Å²) in [7, 11) is 0. The molecule has 4 aromatic rings. The highest BCUT2D eigenvalue weighted by Crippen LogP contribution is 2.33. The van der Waals surface area contributed by atoms with Crippen LogP contribution in [0.5, 0.6) is 23.0 Å². The molecule has 8 heteroatoms. The van der Waals surface area contributed by atoms with Crippen molar-refractivity contribution in [1.82, 2.24) is 9.88 Å². The molecule has 1 aliphatic heterocycles. The number of hydrogen-bond acceptors (Lipinski definition) is 6. The van der Waals surface area contributed by atoms with Crippen LogP contribution >= 0.6 is 0 Å². The number of aromatic nitrogens is 1. The Labute approximate surface area is 220 Å². The van der Waals surface area contributed by atoms with Gasteiger partial charge in [0.05, 0.1) is 6.20 Å². The summed E-state index contributed by atoms with van der Waals surface area (Å²) in [5.74, 6) is 1.84. The summed E-state index contributed by atoms with van der Waals surface area (Å²) in [4.78, 5) is 31.6. The monoisotopic (exact) mass is 509 g/mol. The van der Waals surface area contributed by atoms with Crippen LogP contribution in [0.25, 0.3) is 0 Å². The number of benzene rings is 3.